The lowest BCUT2D eigenvalue weighted by Gasteiger charge is -2.39. The Balaban J connectivity index is 2.68. The largest absolute Gasteiger partial charge is 0.394 e. The third-order valence-electron chi connectivity index (χ3n) is 3.01. The number of carbonyl (C=O) groups is 1. The van der Waals surface area contributed by atoms with E-state index in [1.807, 2.05) is 18.7 Å². The van der Waals surface area contributed by atoms with Crippen LogP contribution in [0.2, 0.25) is 0 Å². The maximum Gasteiger partial charge on any atom is 0.251 e. The number of aliphatic hydroxyl groups is 1. The van der Waals surface area contributed by atoms with Gasteiger partial charge in [-0.15, -0.1) is 0 Å². The minimum Gasteiger partial charge on any atom is -0.394 e. The van der Waals surface area contributed by atoms with Crippen molar-refractivity contribution in [2.24, 2.45) is 5.84 Å². The van der Waals surface area contributed by atoms with E-state index in [0.29, 0.717) is 13.1 Å². The van der Waals surface area contributed by atoms with Gasteiger partial charge in [-0.1, -0.05) is 13.3 Å². The van der Waals surface area contributed by atoms with E-state index in [0.717, 1.165) is 12.8 Å². The van der Waals surface area contributed by atoms with Gasteiger partial charge in [0.2, 0.25) is 0 Å². The zero-order valence-electron chi connectivity index (χ0n) is 10.6. The van der Waals surface area contributed by atoms with Gasteiger partial charge in [0.05, 0.1) is 24.9 Å². The van der Waals surface area contributed by atoms with Crippen LogP contribution in [0.25, 0.3) is 0 Å². The maximum atomic E-state index is 11.7. The molecule has 1 fully saturated rings. The van der Waals surface area contributed by atoms with Gasteiger partial charge in [-0.25, -0.2) is 5.84 Å². The van der Waals surface area contributed by atoms with Gasteiger partial charge in [0, 0.05) is 13.1 Å². The van der Waals surface area contributed by atoms with Crippen LogP contribution in [0.15, 0.2) is 0 Å². The summed E-state index contributed by atoms with van der Waals surface area (Å²) >= 11 is 0. The van der Waals surface area contributed by atoms with Crippen LogP contribution in [0.4, 0.5) is 0 Å². The van der Waals surface area contributed by atoms with Crippen LogP contribution in [0.3, 0.4) is 0 Å². The van der Waals surface area contributed by atoms with E-state index in [9.17, 15) is 4.79 Å². The Labute approximate surface area is 102 Å². The van der Waals surface area contributed by atoms with Crippen LogP contribution >= 0.6 is 0 Å². The summed E-state index contributed by atoms with van der Waals surface area (Å²) in [5.74, 6) is 5.04. The summed E-state index contributed by atoms with van der Waals surface area (Å²) < 4.78 is 5.55. The second-order valence-corrected chi connectivity index (χ2v) is 4.52. The molecule has 0 spiro atoms. The van der Waals surface area contributed by atoms with Crippen molar-refractivity contribution in [3.05, 3.63) is 0 Å². The minimum absolute atomic E-state index is 0.0193. The molecule has 1 rings (SSSR count). The molecule has 1 aliphatic heterocycles. The topological polar surface area (TPSA) is 87.8 Å². The van der Waals surface area contributed by atoms with Gasteiger partial charge in [-0.05, 0) is 13.3 Å². The molecule has 100 valence electrons. The van der Waals surface area contributed by atoms with Gasteiger partial charge in [0.25, 0.3) is 5.91 Å². The van der Waals surface area contributed by atoms with Crippen molar-refractivity contribution in [1.29, 1.82) is 0 Å². The number of aliphatic hydroxyl groups excluding tert-OH is 1. The highest BCUT2D eigenvalue weighted by Crippen LogP contribution is 2.16. The van der Waals surface area contributed by atoms with Crippen molar-refractivity contribution in [2.75, 3.05) is 19.7 Å². The van der Waals surface area contributed by atoms with Crippen LogP contribution < -0.4 is 11.3 Å². The highest BCUT2D eigenvalue weighted by Gasteiger charge is 2.32. The number of amides is 1. The molecule has 6 nitrogen and oxygen atoms in total. The number of carbonyl (C=O) groups excluding carboxylic acids is 1. The predicted molar refractivity (Wildman–Crippen MR) is 64.0 cm³/mol. The molecule has 0 bridgehead atoms. The van der Waals surface area contributed by atoms with Crippen LogP contribution in [0.1, 0.15) is 26.7 Å². The molecule has 0 aliphatic carbocycles. The molecule has 3 unspecified atom stereocenters. The Morgan fingerprint density at radius 1 is 1.65 bits per heavy atom. The van der Waals surface area contributed by atoms with E-state index >= 15 is 0 Å². The molecule has 1 aliphatic rings. The molecule has 1 amide bonds. The summed E-state index contributed by atoms with van der Waals surface area (Å²) in [4.78, 5) is 13.8. The molecule has 1 heterocycles. The number of ether oxygens (including phenoxy) is 1. The quantitative estimate of drug-likeness (QED) is 0.336. The Morgan fingerprint density at radius 2 is 2.35 bits per heavy atom. The maximum absolute atomic E-state index is 11.7. The van der Waals surface area contributed by atoms with Gasteiger partial charge >= 0.3 is 0 Å². The number of hydrogen-bond acceptors (Lipinski definition) is 5. The van der Waals surface area contributed by atoms with E-state index in [1.165, 1.54) is 0 Å². The molecule has 0 aromatic heterocycles. The summed E-state index contributed by atoms with van der Waals surface area (Å²) in [5, 5.41) is 9.16. The van der Waals surface area contributed by atoms with E-state index in [2.05, 4.69) is 5.43 Å². The number of rotatable bonds is 5. The van der Waals surface area contributed by atoms with Gasteiger partial charge in [-0.2, -0.15) is 0 Å². The Morgan fingerprint density at radius 3 is 2.88 bits per heavy atom. The summed E-state index contributed by atoms with van der Waals surface area (Å²) in [6, 6.07) is -0.231. The zero-order chi connectivity index (χ0) is 12.8. The average molecular weight is 245 g/mol. The number of nitrogens with two attached hydrogens (primary N) is 1. The fourth-order valence-corrected chi connectivity index (χ4v) is 2.29. The molecule has 0 aromatic carbocycles. The van der Waals surface area contributed by atoms with E-state index in [4.69, 9.17) is 15.7 Å². The molecule has 3 atom stereocenters. The highest BCUT2D eigenvalue weighted by atomic mass is 16.5. The second-order valence-electron chi connectivity index (χ2n) is 4.52. The SMILES string of the molecule is CCCC(C(=O)NN)N1CC(C)OC(CO)C1. The molecule has 1 saturated heterocycles. The third kappa shape index (κ3) is 3.92. The molecule has 4 N–H and O–H groups in total. The van der Waals surface area contributed by atoms with Gasteiger partial charge in [0.15, 0.2) is 0 Å². The molecular formula is C11H23N3O3. The monoisotopic (exact) mass is 245 g/mol. The van der Waals surface area contributed by atoms with Crippen molar-refractivity contribution >= 4 is 5.91 Å². The van der Waals surface area contributed by atoms with E-state index in [1.54, 1.807) is 0 Å². The smallest absolute Gasteiger partial charge is 0.251 e. The lowest BCUT2D eigenvalue weighted by atomic mass is 10.1. The highest BCUT2D eigenvalue weighted by molar-refractivity contribution is 5.81. The summed E-state index contributed by atoms with van der Waals surface area (Å²) in [7, 11) is 0. The first-order valence-corrected chi connectivity index (χ1v) is 6.13. The summed E-state index contributed by atoms with van der Waals surface area (Å²) in [6.45, 7) is 5.21. The van der Waals surface area contributed by atoms with Crippen molar-refractivity contribution in [3.63, 3.8) is 0 Å². The Bertz CT molecular complexity index is 250. The van der Waals surface area contributed by atoms with Crippen LogP contribution in [-0.2, 0) is 9.53 Å². The van der Waals surface area contributed by atoms with Crippen LogP contribution in [0, 0.1) is 0 Å². The molecule has 0 radical (unpaired) electrons. The molecular weight excluding hydrogens is 222 g/mol. The number of hydrogen-bond donors (Lipinski definition) is 3. The zero-order valence-corrected chi connectivity index (χ0v) is 10.6. The van der Waals surface area contributed by atoms with Crippen molar-refractivity contribution in [1.82, 2.24) is 10.3 Å². The molecule has 6 heteroatoms. The Kier molecular flexibility index (Phi) is 5.84. The normalized spacial score (nSPS) is 27.8. The van der Waals surface area contributed by atoms with E-state index < -0.39 is 0 Å². The van der Waals surface area contributed by atoms with Crippen molar-refractivity contribution in [3.8, 4) is 0 Å². The second kappa shape index (κ2) is 6.90. The summed E-state index contributed by atoms with van der Waals surface area (Å²) in [5.41, 5.74) is 2.21. The first-order chi connectivity index (χ1) is 8.12. The number of nitrogens with zero attached hydrogens (tertiary/aromatic N) is 1. The lowest BCUT2D eigenvalue weighted by Crippen LogP contribution is -2.57. The van der Waals surface area contributed by atoms with Gasteiger partial charge < -0.3 is 9.84 Å². The van der Waals surface area contributed by atoms with Gasteiger partial charge in [-0.3, -0.25) is 15.1 Å². The lowest BCUT2D eigenvalue weighted by molar-refractivity contribution is -0.137. The van der Waals surface area contributed by atoms with Crippen LogP contribution in [-0.4, -0.2) is 53.9 Å². The number of nitrogens with one attached hydrogen (secondary N) is 1. The van der Waals surface area contributed by atoms with Gasteiger partial charge in [0.1, 0.15) is 0 Å². The molecule has 0 saturated carbocycles. The summed E-state index contributed by atoms with van der Waals surface area (Å²) in [6.07, 6.45) is 1.47. The van der Waals surface area contributed by atoms with Crippen LogP contribution in [0.5, 0.6) is 0 Å². The third-order valence-corrected chi connectivity index (χ3v) is 3.01. The van der Waals surface area contributed by atoms with Crippen molar-refractivity contribution < 1.29 is 14.6 Å². The number of hydrazine groups is 1. The first-order valence-electron chi connectivity index (χ1n) is 6.13. The van der Waals surface area contributed by atoms with E-state index in [-0.39, 0.29) is 30.8 Å². The molecule has 17 heavy (non-hydrogen) atoms. The fourth-order valence-electron chi connectivity index (χ4n) is 2.29. The minimum atomic E-state index is -0.231. The van der Waals surface area contributed by atoms with Crippen molar-refractivity contribution in [2.45, 2.75) is 44.9 Å². The Hall–Kier alpha value is -0.690. The standard InChI is InChI=1S/C11H23N3O3/c1-3-4-10(11(16)13-12)14-5-8(2)17-9(6-14)7-15/h8-10,15H,3-7,12H2,1-2H3,(H,13,16). The first kappa shape index (κ1) is 14.4. The average Bonchev–Trinajstić information content (AvgIpc) is 2.34. The fraction of sp³-hybridized carbons (Fsp3) is 0.909. The predicted octanol–water partition coefficient (Wildman–Crippen LogP) is -0.773. The molecule has 0 aromatic rings. The number of morpholine rings is 1.